The van der Waals surface area contributed by atoms with Crippen LogP contribution in [0.2, 0.25) is 0 Å². The van der Waals surface area contributed by atoms with Gasteiger partial charge in [-0.1, -0.05) is 0 Å². The van der Waals surface area contributed by atoms with Gasteiger partial charge >= 0.3 is 5.97 Å². The molecule has 1 heterocycles. The fraction of sp³-hybridized carbons (Fsp3) is 0.833. The average molecular weight is 145 g/mol. The highest BCUT2D eigenvalue weighted by Crippen LogP contribution is 2.11. The van der Waals surface area contributed by atoms with Gasteiger partial charge in [-0.25, -0.2) is 4.79 Å². The van der Waals surface area contributed by atoms with Crippen LogP contribution in [0.15, 0.2) is 0 Å². The van der Waals surface area contributed by atoms with E-state index >= 15 is 0 Å². The Balaban J connectivity index is 2.33. The second kappa shape index (κ2) is 2.98. The van der Waals surface area contributed by atoms with Crippen LogP contribution in [-0.4, -0.2) is 29.8 Å². The van der Waals surface area contributed by atoms with Crippen LogP contribution in [-0.2, 0) is 9.53 Å². The normalized spacial score (nSPS) is 33.7. The molecule has 1 aliphatic rings. The van der Waals surface area contributed by atoms with Crippen LogP contribution in [0.5, 0.6) is 0 Å². The van der Waals surface area contributed by atoms with Crippen molar-refractivity contribution in [1.82, 2.24) is 0 Å². The second-order valence-corrected chi connectivity index (χ2v) is 2.50. The van der Waals surface area contributed by atoms with Gasteiger partial charge in [-0.05, 0) is 12.8 Å². The lowest BCUT2D eigenvalue weighted by Gasteiger charge is -2.23. The smallest absolute Gasteiger partial charge is 0.332 e. The minimum atomic E-state index is -0.882. The number of carbonyl (C=O) groups is 1. The molecule has 1 rings (SSSR count). The van der Waals surface area contributed by atoms with E-state index in [1.54, 1.807) is 0 Å². The Kier molecular flexibility index (Phi) is 2.24. The van der Waals surface area contributed by atoms with Gasteiger partial charge < -0.3 is 15.6 Å². The monoisotopic (exact) mass is 145 g/mol. The summed E-state index contributed by atoms with van der Waals surface area (Å²) in [4.78, 5) is 10.3. The summed E-state index contributed by atoms with van der Waals surface area (Å²) < 4.78 is 4.93. The lowest BCUT2D eigenvalue weighted by Crippen LogP contribution is -2.38. The van der Waals surface area contributed by atoms with E-state index in [1.807, 2.05) is 0 Å². The first-order valence-corrected chi connectivity index (χ1v) is 3.30. The fourth-order valence-electron chi connectivity index (χ4n) is 0.967. The molecule has 0 aromatic rings. The zero-order valence-electron chi connectivity index (χ0n) is 5.62. The summed E-state index contributed by atoms with van der Waals surface area (Å²) in [5.41, 5.74) is 5.48. The summed E-state index contributed by atoms with van der Waals surface area (Å²) in [6.07, 6.45) is 0.660. The Morgan fingerprint density at radius 2 is 2.30 bits per heavy atom. The Bertz CT molecular complexity index is 129. The molecule has 0 amide bonds. The molecule has 0 unspecified atom stereocenters. The summed E-state index contributed by atoms with van der Waals surface area (Å²) in [6.45, 7) is 0.372. The molecule has 0 aromatic heterocycles. The number of carboxylic acids is 1. The Labute approximate surface area is 59.0 Å². The summed E-state index contributed by atoms with van der Waals surface area (Å²) in [7, 11) is 0. The van der Waals surface area contributed by atoms with Crippen molar-refractivity contribution in [2.24, 2.45) is 5.73 Å². The third-order valence-electron chi connectivity index (χ3n) is 1.59. The highest BCUT2D eigenvalue weighted by Gasteiger charge is 2.24. The van der Waals surface area contributed by atoms with E-state index in [9.17, 15) is 4.79 Å². The van der Waals surface area contributed by atoms with E-state index < -0.39 is 12.1 Å². The maximum absolute atomic E-state index is 10.3. The van der Waals surface area contributed by atoms with Crippen LogP contribution in [0.3, 0.4) is 0 Å². The number of carboxylic acid groups (broad SMARTS) is 1. The van der Waals surface area contributed by atoms with Gasteiger partial charge in [0, 0.05) is 6.04 Å². The van der Waals surface area contributed by atoms with Gasteiger partial charge in [-0.3, -0.25) is 0 Å². The predicted molar refractivity (Wildman–Crippen MR) is 34.6 cm³/mol. The molecule has 58 valence electrons. The minimum Gasteiger partial charge on any atom is -0.479 e. The molecule has 1 aliphatic heterocycles. The van der Waals surface area contributed by atoms with E-state index in [1.165, 1.54) is 0 Å². The van der Waals surface area contributed by atoms with Crippen LogP contribution < -0.4 is 5.73 Å². The van der Waals surface area contributed by atoms with Crippen molar-refractivity contribution >= 4 is 5.97 Å². The SMILES string of the molecule is N[C@@H]1CC[C@H](C(=O)O)OC1. The van der Waals surface area contributed by atoms with Gasteiger partial charge in [0.05, 0.1) is 6.61 Å². The van der Waals surface area contributed by atoms with Crippen molar-refractivity contribution in [3.05, 3.63) is 0 Å². The molecular weight excluding hydrogens is 134 g/mol. The van der Waals surface area contributed by atoms with E-state index in [4.69, 9.17) is 15.6 Å². The van der Waals surface area contributed by atoms with E-state index in [-0.39, 0.29) is 6.04 Å². The third kappa shape index (κ3) is 1.68. The first-order chi connectivity index (χ1) is 4.70. The van der Waals surface area contributed by atoms with Gasteiger partial charge in [0.25, 0.3) is 0 Å². The van der Waals surface area contributed by atoms with Crippen LogP contribution >= 0.6 is 0 Å². The number of ether oxygens (including phenoxy) is 1. The summed E-state index contributed by atoms with van der Waals surface area (Å²) >= 11 is 0. The topological polar surface area (TPSA) is 72.6 Å². The number of hydrogen-bond donors (Lipinski definition) is 2. The van der Waals surface area contributed by atoms with E-state index in [0.29, 0.717) is 13.0 Å². The Morgan fingerprint density at radius 1 is 1.60 bits per heavy atom. The molecule has 3 N–H and O–H groups in total. The van der Waals surface area contributed by atoms with Gasteiger partial charge in [0.15, 0.2) is 6.10 Å². The number of hydrogen-bond acceptors (Lipinski definition) is 3. The van der Waals surface area contributed by atoms with Gasteiger partial charge in [0.1, 0.15) is 0 Å². The molecular formula is C6H11NO3. The number of rotatable bonds is 1. The molecule has 0 radical (unpaired) electrons. The highest BCUT2D eigenvalue weighted by molar-refractivity contribution is 5.72. The lowest BCUT2D eigenvalue weighted by molar-refractivity contribution is -0.153. The van der Waals surface area contributed by atoms with Crippen molar-refractivity contribution in [2.75, 3.05) is 6.61 Å². The molecule has 0 aliphatic carbocycles. The van der Waals surface area contributed by atoms with Crippen LogP contribution in [0.4, 0.5) is 0 Å². The molecule has 0 bridgehead atoms. The molecule has 1 fully saturated rings. The zero-order valence-corrected chi connectivity index (χ0v) is 5.62. The van der Waals surface area contributed by atoms with E-state index in [2.05, 4.69) is 0 Å². The summed E-state index contributed by atoms with van der Waals surface area (Å²) in [5.74, 6) is -0.882. The van der Waals surface area contributed by atoms with Gasteiger partial charge in [0.2, 0.25) is 0 Å². The molecule has 10 heavy (non-hydrogen) atoms. The summed E-state index contributed by atoms with van der Waals surface area (Å²) in [6, 6.07) is 0.0237. The lowest BCUT2D eigenvalue weighted by atomic mass is 10.1. The van der Waals surface area contributed by atoms with Crippen molar-refractivity contribution in [2.45, 2.75) is 25.0 Å². The van der Waals surface area contributed by atoms with Crippen molar-refractivity contribution in [1.29, 1.82) is 0 Å². The highest BCUT2D eigenvalue weighted by atomic mass is 16.5. The standard InChI is InChI=1S/C6H11NO3/c7-4-1-2-5(6(8)9)10-3-4/h4-5H,1-3,7H2,(H,8,9)/t4-,5-/m1/s1. The first-order valence-electron chi connectivity index (χ1n) is 3.30. The number of nitrogens with two attached hydrogens (primary N) is 1. The molecule has 1 saturated heterocycles. The van der Waals surface area contributed by atoms with E-state index in [0.717, 1.165) is 6.42 Å². The number of aliphatic carboxylic acids is 1. The maximum Gasteiger partial charge on any atom is 0.332 e. The maximum atomic E-state index is 10.3. The second-order valence-electron chi connectivity index (χ2n) is 2.50. The van der Waals surface area contributed by atoms with Crippen molar-refractivity contribution < 1.29 is 14.6 Å². The zero-order chi connectivity index (χ0) is 7.56. The minimum absolute atomic E-state index is 0.0237. The quantitative estimate of drug-likeness (QED) is 0.525. The molecule has 0 aromatic carbocycles. The van der Waals surface area contributed by atoms with Crippen LogP contribution in [0.25, 0.3) is 0 Å². The average Bonchev–Trinajstić information content (AvgIpc) is 1.88. The van der Waals surface area contributed by atoms with Crippen molar-refractivity contribution in [3.63, 3.8) is 0 Å². The van der Waals surface area contributed by atoms with Gasteiger partial charge in [-0.2, -0.15) is 0 Å². The van der Waals surface area contributed by atoms with Crippen LogP contribution in [0, 0.1) is 0 Å². The fourth-order valence-corrected chi connectivity index (χ4v) is 0.967. The first kappa shape index (κ1) is 7.50. The Hall–Kier alpha value is -0.610. The molecule has 4 heteroatoms. The predicted octanol–water partition coefficient (Wildman–Crippen LogP) is -0.423. The molecule has 0 spiro atoms. The molecule has 0 saturated carbocycles. The van der Waals surface area contributed by atoms with Gasteiger partial charge in [-0.15, -0.1) is 0 Å². The third-order valence-corrected chi connectivity index (χ3v) is 1.59. The van der Waals surface area contributed by atoms with Crippen LogP contribution in [0.1, 0.15) is 12.8 Å². The largest absolute Gasteiger partial charge is 0.479 e. The summed E-state index contributed by atoms with van der Waals surface area (Å²) in [5, 5.41) is 8.46. The Morgan fingerprint density at radius 3 is 2.70 bits per heavy atom. The molecule has 2 atom stereocenters. The molecule has 4 nitrogen and oxygen atoms in total. The van der Waals surface area contributed by atoms with Crippen molar-refractivity contribution in [3.8, 4) is 0 Å².